The maximum Gasteiger partial charge on any atom is 0.163 e. The van der Waals surface area contributed by atoms with Gasteiger partial charge in [0.25, 0.3) is 0 Å². The van der Waals surface area contributed by atoms with Crippen molar-refractivity contribution in [3.8, 4) is 11.4 Å². The minimum absolute atomic E-state index is 0.424. The average molecular weight is 391 g/mol. The molecule has 18 heavy (non-hydrogen) atoms. The van der Waals surface area contributed by atoms with Crippen molar-refractivity contribution in [1.29, 1.82) is 0 Å². The Kier molecular flexibility index (Phi) is 4.25. The highest BCUT2D eigenvalue weighted by molar-refractivity contribution is 9.11. The lowest BCUT2D eigenvalue weighted by Crippen LogP contribution is -2.02. The topological polar surface area (TPSA) is 51.8 Å². The average Bonchev–Trinajstić information content (AvgIpc) is 2.35. The zero-order valence-corrected chi connectivity index (χ0v) is 13.5. The molecule has 1 aromatic carbocycles. The van der Waals surface area contributed by atoms with Crippen molar-refractivity contribution in [3.05, 3.63) is 37.9 Å². The van der Waals surface area contributed by atoms with Crippen LogP contribution in [-0.2, 0) is 6.42 Å². The summed E-state index contributed by atoms with van der Waals surface area (Å²) in [6, 6.07) is 5.55. The van der Waals surface area contributed by atoms with Gasteiger partial charge in [0, 0.05) is 10.0 Å². The highest BCUT2D eigenvalue weighted by Gasteiger charge is 2.13. The fourth-order valence-electron chi connectivity index (χ4n) is 1.54. The quantitative estimate of drug-likeness (QED) is 0.822. The summed E-state index contributed by atoms with van der Waals surface area (Å²) in [7, 11) is 0. The van der Waals surface area contributed by atoms with E-state index in [0.717, 1.165) is 26.6 Å². The van der Waals surface area contributed by atoms with Gasteiger partial charge in [-0.15, -0.1) is 0 Å². The van der Waals surface area contributed by atoms with Crippen molar-refractivity contribution < 1.29 is 0 Å². The van der Waals surface area contributed by atoms with Crippen LogP contribution >= 0.6 is 43.5 Å². The molecule has 0 fully saturated rings. The summed E-state index contributed by atoms with van der Waals surface area (Å²) in [6.45, 7) is 2.01. The lowest BCUT2D eigenvalue weighted by Gasteiger charge is -2.09. The van der Waals surface area contributed by atoms with Crippen molar-refractivity contribution >= 4 is 49.3 Å². The molecule has 0 aliphatic heterocycles. The highest BCUT2D eigenvalue weighted by atomic mass is 79.9. The monoisotopic (exact) mass is 389 g/mol. The molecule has 0 saturated heterocycles. The summed E-state index contributed by atoms with van der Waals surface area (Å²) in [5.74, 6) is 0.965. The Balaban J connectivity index is 2.64. The normalized spacial score (nSPS) is 10.7. The molecule has 2 rings (SSSR count). The van der Waals surface area contributed by atoms with Crippen LogP contribution in [0.3, 0.4) is 0 Å². The second kappa shape index (κ2) is 5.55. The Labute approximate surface area is 127 Å². The van der Waals surface area contributed by atoms with Crippen LogP contribution in [0.15, 0.2) is 27.1 Å². The number of rotatable bonds is 2. The van der Waals surface area contributed by atoms with Gasteiger partial charge in [-0.05, 0) is 40.5 Å². The molecule has 0 spiro atoms. The first kappa shape index (κ1) is 13.8. The molecule has 94 valence electrons. The van der Waals surface area contributed by atoms with Crippen LogP contribution in [0, 0.1) is 0 Å². The number of anilines is 1. The van der Waals surface area contributed by atoms with Gasteiger partial charge in [-0.1, -0.05) is 34.5 Å². The number of halogens is 3. The summed E-state index contributed by atoms with van der Waals surface area (Å²) in [5.41, 5.74) is 7.50. The second-order valence-electron chi connectivity index (χ2n) is 3.67. The van der Waals surface area contributed by atoms with Gasteiger partial charge in [-0.2, -0.15) is 0 Å². The van der Waals surface area contributed by atoms with Crippen molar-refractivity contribution in [2.75, 3.05) is 5.73 Å². The first-order chi connectivity index (χ1) is 8.52. The predicted molar refractivity (Wildman–Crippen MR) is 81.7 cm³/mol. The number of nitrogens with two attached hydrogens (primary N) is 1. The smallest absolute Gasteiger partial charge is 0.163 e. The van der Waals surface area contributed by atoms with Crippen LogP contribution in [-0.4, -0.2) is 9.97 Å². The van der Waals surface area contributed by atoms with Crippen LogP contribution in [0.2, 0.25) is 5.02 Å². The van der Waals surface area contributed by atoms with Crippen LogP contribution in [0.25, 0.3) is 11.4 Å². The number of hydrogen-bond donors (Lipinski definition) is 1. The first-order valence-electron chi connectivity index (χ1n) is 5.30. The fraction of sp³-hybridized carbons (Fsp3) is 0.167. The molecular formula is C12H10Br2ClN3. The summed E-state index contributed by atoms with van der Waals surface area (Å²) >= 11 is 13.0. The third-order valence-electron chi connectivity index (χ3n) is 2.45. The molecule has 0 aliphatic carbocycles. The minimum Gasteiger partial charge on any atom is -0.383 e. The van der Waals surface area contributed by atoms with Gasteiger partial charge in [-0.25, -0.2) is 9.97 Å². The van der Waals surface area contributed by atoms with Gasteiger partial charge in [0.2, 0.25) is 0 Å². The zero-order chi connectivity index (χ0) is 13.3. The summed E-state index contributed by atoms with van der Waals surface area (Å²) < 4.78 is 1.67. The van der Waals surface area contributed by atoms with E-state index in [1.54, 1.807) is 6.07 Å². The minimum atomic E-state index is 0.424. The van der Waals surface area contributed by atoms with Gasteiger partial charge in [0.05, 0.1) is 15.2 Å². The Morgan fingerprint density at radius 2 is 2.00 bits per heavy atom. The first-order valence-corrected chi connectivity index (χ1v) is 7.26. The van der Waals surface area contributed by atoms with Crippen LogP contribution in [0.4, 0.5) is 5.82 Å². The SMILES string of the molecule is CCc1nc(-c2cc(Br)ccc2Cl)nc(N)c1Br. The van der Waals surface area contributed by atoms with E-state index in [1.807, 2.05) is 19.1 Å². The lowest BCUT2D eigenvalue weighted by molar-refractivity contribution is 0.995. The standard InChI is InChI=1S/C12H10Br2ClN3/c1-2-9-10(14)11(16)18-12(17-9)7-5-6(13)3-4-8(7)15/h3-5H,2H2,1H3,(H2,16,17,18). The Morgan fingerprint density at radius 3 is 2.67 bits per heavy atom. The second-order valence-corrected chi connectivity index (χ2v) is 5.79. The fourth-order valence-corrected chi connectivity index (χ4v) is 2.56. The Morgan fingerprint density at radius 1 is 1.28 bits per heavy atom. The van der Waals surface area contributed by atoms with Gasteiger partial charge in [-0.3, -0.25) is 0 Å². The largest absolute Gasteiger partial charge is 0.383 e. The molecular weight excluding hydrogens is 381 g/mol. The highest BCUT2D eigenvalue weighted by Crippen LogP contribution is 2.31. The van der Waals surface area contributed by atoms with Crippen molar-refractivity contribution in [2.45, 2.75) is 13.3 Å². The van der Waals surface area contributed by atoms with E-state index in [1.165, 1.54) is 0 Å². The molecule has 0 atom stereocenters. The number of nitrogen functional groups attached to an aromatic ring is 1. The molecule has 1 heterocycles. The zero-order valence-electron chi connectivity index (χ0n) is 9.54. The molecule has 2 N–H and O–H groups in total. The third kappa shape index (κ3) is 2.68. The summed E-state index contributed by atoms with van der Waals surface area (Å²) in [4.78, 5) is 8.75. The van der Waals surface area contributed by atoms with E-state index in [0.29, 0.717) is 16.7 Å². The van der Waals surface area contributed by atoms with Gasteiger partial charge < -0.3 is 5.73 Å². The lowest BCUT2D eigenvalue weighted by atomic mass is 10.2. The Hall–Kier alpha value is -0.650. The maximum absolute atomic E-state index is 6.17. The molecule has 0 radical (unpaired) electrons. The number of hydrogen-bond acceptors (Lipinski definition) is 3. The van der Waals surface area contributed by atoms with E-state index in [2.05, 4.69) is 41.8 Å². The van der Waals surface area contributed by atoms with Gasteiger partial charge in [0.15, 0.2) is 5.82 Å². The van der Waals surface area contributed by atoms with Gasteiger partial charge in [0.1, 0.15) is 5.82 Å². The molecule has 2 aromatic rings. The molecule has 0 aliphatic rings. The van der Waals surface area contributed by atoms with Crippen LogP contribution in [0.1, 0.15) is 12.6 Å². The number of aryl methyl sites for hydroxylation is 1. The molecule has 6 heteroatoms. The maximum atomic E-state index is 6.17. The number of aromatic nitrogens is 2. The molecule has 0 bridgehead atoms. The summed E-state index contributed by atoms with van der Waals surface area (Å²) in [6.07, 6.45) is 0.770. The third-order valence-corrected chi connectivity index (χ3v) is 4.14. The molecule has 0 saturated carbocycles. The van der Waals surface area contributed by atoms with E-state index in [4.69, 9.17) is 17.3 Å². The van der Waals surface area contributed by atoms with Gasteiger partial charge >= 0.3 is 0 Å². The van der Waals surface area contributed by atoms with Crippen LogP contribution in [0.5, 0.6) is 0 Å². The Bertz CT molecular complexity index is 602. The van der Waals surface area contributed by atoms with E-state index >= 15 is 0 Å². The molecule has 0 amide bonds. The van der Waals surface area contributed by atoms with E-state index < -0.39 is 0 Å². The van der Waals surface area contributed by atoms with Crippen molar-refractivity contribution in [2.24, 2.45) is 0 Å². The van der Waals surface area contributed by atoms with Crippen molar-refractivity contribution in [3.63, 3.8) is 0 Å². The van der Waals surface area contributed by atoms with E-state index in [-0.39, 0.29) is 0 Å². The summed E-state index contributed by atoms with van der Waals surface area (Å²) in [5, 5.41) is 0.599. The van der Waals surface area contributed by atoms with Crippen molar-refractivity contribution in [1.82, 2.24) is 9.97 Å². The number of nitrogens with zero attached hydrogens (tertiary/aromatic N) is 2. The van der Waals surface area contributed by atoms with E-state index in [9.17, 15) is 0 Å². The molecule has 0 unspecified atom stereocenters. The molecule has 1 aromatic heterocycles. The number of benzene rings is 1. The van der Waals surface area contributed by atoms with Crippen LogP contribution < -0.4 is 5.73 Å². The molecule has 3 nitrogen and oxygen atoms in total. The predicted octanol–water partition coefficient (Wildman–Crippen LogP) is 4.47.